The summed E-state index contributed by atoms with van der Waals surface area (Å²) in [7, 11) is 0. The Morgan fingerprint density at radius 1 is 1.33 bits per heavy atom. The number of hydrogen-bond donors (Lipinski definition) is 1. The number of thiazole rings is 1. The molecular weight excluding hydrogens is 208 g/mol. The first-order valence-electron chi connectivity index (χ1n) is 4.39. The van der Waals surface area contributed by atoms with E-state index in [-0.39, 0.29) is 6.61 Å². The molecule has 0 amide bonds. The van der Waals surface area contributed by atoms with Crippen LogP contribution < -0.4 is 0 Å². The van der Waals surface area contributed by atoms with Crippen molar-refractivity contribution in [3.63, 3.8) is 0 Å². The van der Waals surface area contributed by atoms with Gasteiger partial charge in [-0.15, -0.1) is 11.3 Å². The van der Waals surface area contributed by atoms with Crippen LogP contribution in [0.4, 0.5) is 0 Å². The number of rotatable bonds is 2. The van der Waals surface area contributed by atoms with E-state index < -0.39 is 0 Å². The predicted molar refractivity (Wildman–Crippen MR) is 58.2 cm³/mol. The Morgan fingerprint density at radius 2 is 2.07 bits per heavy atom. The summed E-state index contributed by atoms with van der Waals surface area (Å²) < 4.78 is 0. The molecule has 1 aromatic heterocycles. The van der Waals surface area contributed by atoms with Crippen molar-refractivity contribution in [1.82, 2.24) is 4.98 Å². The largest absolute Gasteiger partial charge is 0.390 e. The van der Waals surface area contributed by atoms with E-state index in [1.54, 1.807) is 12.1 Å². The van der Waals surface area contributed by atoms with Gasteiger partial charge in [-0.3, -0.25) is 0 Å². The molecule has 0 fully saturated rings. The standard InChI is InChI=1S/C11H8N2OS/c12-5-8-1-3-9(4-2-8)11-13-10(6-14)7-15-11/h1-4,7,14H,6H2. The summed E-state index contributed by atoms with van der Waals surface area (Å²) in [5, 5.41) is 20.2. The average Bonchev–Trinajstić information content (AvgIpc) is 2.78. The fraction of sp³-hybridized carbons (Fsp3) is 0.0909. The molecule has 2 aromatic rings. The number of benzene rings is 1. The Kier molecular flexibility index (Phi) is 2.77. The molecule has 15 heavy (non-hydrogen) atoms. The van der Waals surface area contributed by atoms with Gasteiger partial charge in [-0.2, -0.15) is 5.26 Å². The zero-order chi connectivity index (χ0) is 10.7. The summed E-state index contributed by atoms with van der Waals surface area (Å²) in [6.07, 6.45) is 0. The van der Waals surface area contributed by atoms with Gasteiger partial charge in [0, 0.05) is 10.9 Å². The molecule has 1 heterocycles. The molecule has 0 saturated heterocycles. The summed E-state index contributed by atoms with van der Waals surface area (Å²) in [6, 6.07) is 9.30. The maximum absolute atomic E-state index is 8.88. The van der Waals surface area contributed by atoms with Crippen LogP contribution in [0.25, 0.3) is 10.6 Å². The molecule has 1 N–H and O–H groups in total. The first-order chi connectivity index (χ1) is 7.33. The zero-order valence-corrected chi connectivity index (χ0v) is 8.66. The van der Waals surface area contributed by atoms with Crippen LogP contribution >= 0.6 is 11.3 Å². The molecule has 1 aromatic carbocycles. The summed E-state index contributed by atoms with van der Waals surface area (Å²) in [6.45, 7) is -0.0349. The molecule has 4 heteroatoms. The Hall–Kier alpha value is -1.70. The molecule has 0 spiro atoms. The van der Waals surface area contributed by atoms with Crippen LogP contribution in [-0.2, 0) is 6.61 Å². The van der Waals surface area contributed by atoms with Crippen molar-refractivity contribution in [1.29, 1.82) is 5.26 Å². The highest BCUT2D eigenvalue weighted by molar-refractivity contribution is 7.13. The van der Waals surface area contributed by atoms with E-state index in [1.807, 2.05) is 17.5 Å². The van der Waals surface area contributed by atoms with Crippen LogP contribution in [0.3, 0.4) is 0 Å². The fourth-order valence-electron chi connectivity index (χ4n) is 1.20. The highest BCUT2D eigenvalue weighted by atomic mass is 32.1. The second-order valence-electron chi connectivity index (χ2n) is 2.99. The van der Waals surface area contributed by atoms with Crippen LogP contribution in [0.1, 0.15) is 11.3 Å². The Labute approximate surface area is 91.3 Å². The van der Waals surface area contributed by atoms with Crippen molar-refractivity contribution >= 4 is 11.3 Å². The molecule has 0 aliphatic heterocycles. The Morgan fingerprint density at radius 3 is 2.60 bits per heavy atom. The number of nitriles is 1. The minimum absolute atomic E-state index is 0.0349. The summed E-state index contributed by atoms with van der Waals surface area (Å²) in [4.78, 5) is 4.24. The summed E-state index contributed by atoms with van der Waals surface area (Å²) >= 11 is 1.49. The van der Waals surface area contributed by atoms with Gasteiger partial charge in [0.15, 0.2) is 0 Å². The minimum Gasteiger partial charge on any atom is -0.390 e. The number of nitrogens with zero attached hydrogens (tertiary/aromatic N) is 2. The highest BCUT2D eigenvalue weighted by Gasteiger charge is 2.03. The molecule has 0 unspecified atom stereocenters. The lowest BCUT2D eigenvalue weighted by molar-refractivity contribution is 0.278. The van der Waals surface area contributed by atoms with Crippen LogP contribution in [0, 0.1) is 11.3 Å². The van der Waals surface area contributed by atoms with Crippen molar-refractivity contribution in [3.05, 3.63) is 40.9 Å². The molecule has 74 valence electrons. The first kappa shape index (κ1) is 9.84. The number of hydrogen-bond acceptors (Lipinski definition) is 4. The van der Waals surface area contributed by atoms with Gasteiger partial charge in [-0.25, -0.2) is 4.98 Å². The molecule has 0 bridgehead atoms. The fourth-order valence-corrected chi connectivity index (χ4v) is 2.02. The van der Waals surface area contributed by atoms with Crippen LogP contribution in [0.15, 0.2) is 29.6 Å². The molecule has 2 rings (SSSR count). The molecule has 0 radical (unpaired) electrons. The van der Waals surface area contributed by atoms with Gasteiger partial charge >= 0.3 is 0 Å². The maximum Gasteiger partial charge on any atom is 0.123 e. The average molecular weight is 216 g/mol. The highest BCUT2D eigenvalue weighted by Crippen LogP contribution is 2.23. The van der Waals surface area contributed by atoms with Gasteiger partial charge in [-0.05, 0) is 12.1 Å². The normalized spacial score (nSPS) is 9.87. The van der Waals surface area contributed by atoms with Gasteiger partial charge < -0.3 is 5.11 Å². The molecule has 0 saturated carbocycles. The molecule has 0 atom stereocenters. The zero-order valence-electron chi connectivity index (χ0n) is 7.84. The van der Waals surface area contributed by atoms with Crippen LogP contribution in [-0.4, -0.2) is 10.1 Å². The van der Waals surface area contributed by atoms with E-state index in [9.17, 15) is 0 Å². The van der Waals surface area contributed by atoms with Crippen LogP contribution in [0.2, 0.25) is 0 Å². The van der Waals surface area contributed by atoms with Crippen molar-refractivity contribution in [2.45, 2.75) is 6.61 Å². The third kappa shape index (κ3) is 2.04. The topological polar surface area (TPSA) is 56.9 Å². The first-order valence-corrected chi connectivity index (χ1v) is 5.27. The summed E-state index contributed by atoms with van der Waals surface area (Å²) in [5.41, 5.74) is 2.29. The van der Waals surface area contributed by atoms with Crippen LogP contribution in [0.5, 0.6) is 0 Å². The lowest BCUT2D eigenvalue weighted by atomic mass is 10.1. The number of aliphatic hydroxyl groups excluding tert-OH is 1. The van der Waals surface area contributed by atoms with Crippen molar-refractivity contribution < 1.29 is 5.11 Å². The van der Waals surface area contributed by atoms with Gasteiger partial charge in [0.1, 0.15) is 5.01 Å². The van der Waals surface area contributed by atoms with Crippen molar-refractivity contribution in [3.8, 4) is 16.6 Å². The maximum atomic E-state index is 8.88. The number of aromatic nitrogens is 1. The lowest BCUT2D eigenvalue weighted by Gasteiger charge is -1.95. The smallest absolute Gasteiger partial charge is 0.123 e. The Balaban J connectivity index is 2.33. The molecule has 0 aliphatic carbocycles. The minimum atomic E-state index is -0.0349. The molecule has 3 nitrogen and oxygen atoms in total. The van der Waals surface area contributed by atoms with Gasteiger partial charge in [0.25, 0.3) is 0 Å². The number of aliphatic hydroxyl groups is 1. The van der Waals surface area contributed by atoms with E-state index in [2.05, 4.69) is 11.1 Å². The summed E-state index contributed by atoms with van der Waals surface area (Å²) in [5.74, 6) is 0. The third-order valence-electron chi connectivity index (χ3n) is 1.97. The predicted octanol–water partition coefficient (Wildman–Crippen LogP) is 2.17. The monoisotopic (exact) mass is 216 g/mol. The van der Waals surface area contributed by atoms with E-state index in [0.717, 1.165) is 10.6 Å². The van der Waals surface area contributed by atoms with Gasteiger partial charge in [0.2, 0.25) is 0 Å². The Bertz CT molecular complexity index is 496. The van der Waals surface area contributed by atoms with Gasteiger partial charge in [-0.1, -0.05) is 12.1 Å². The van der Waals surface area contributed by atoms with Crippen molar-refractivity contribution in [2.75, 3.05) is 0 Å². The SMILES string of the molecule is N#Cc1ccc(-c2nc(CO)cs2)cc1. The van der Waals surface area contributed by atoms with E-state index >= 15 is 0 Å². The third-order valence-corrected chi connectivity index (χ3v) is 2.91. The van der Waals surface area contributed by atoms with E-state index in [0.29, 0.717) is 11.3 Å². The second kappa shape index (κ2) is 4.22. The second-order valence-corrected chi connectivity index (χ2v) is 3.85. The van der Waals surface area contributed by atoms with E-state index in [4.69, 9.17) is 10.4 Å². The van der Waals surface area contributed by atoms with Gasteiger partial charge in [0.05, 0.1) is 23.9 Å². The van der Waals surface area contributed by atoms with E-state index in [1.165, 1.54) is 11.3 Å². The van der Waals surface area contributed by atoms with Crippen molar-refractivity contribution in [2.24, 2.45) is 0 Å². The molecule has 0 aliphatic rings. The quantitative estimate of drug-likeness (QED) is 0.837. The molecular formula is C11H8N2OS. The lowest BCUT2D eigenvalue weighted by Crippen LogP contribution is -1.82.